The van der Waals surface area contributed by atoms with Crippen LogP contribution in [0.1, 0.15) is 22.7 Å². The van der Waals surface area contributed by atoms with Crippen molar-refractivity contribution in [3.8, 4) is 11.5 Å². The highest BCUT2D eigenvalue weighted by Gasteiger charge is 2.31. The molecule has 1 unspecified atom stereocenters. The summed E-state index contributed by atoms with van der Waals surface area (Å²) in [7, 11) is 0. The standard InChI is InChI=1S/C23H25F3N2O4/c24-23(25,26)18-4-2-17(3-5-18)19(28-7-9-30-10-8-28)15-27-22(29)14-16-1-6-20-21(13-16)32-12-11-31-20/h1-6,13,19H,7-12,14-15H2,(H,27,29). The molecule has 1 N–H and O–H groups in total. The predicted octanol–water partition coefficient (Wildman–Crippen LogP) is 3.21. The zero-order chi connectivity index (χ0) is 22.6. The van der Waals surface area contributed by atoms with Crippen molar-refractivity contribution < 1.29 is 32.2 Å². The van der Waals surface area contributed by atoms with Gasteiger partial charge in [0.15, 0.2) is 11.5 Å². The van der Waals surface area contributed by atoms with E-state index in [0.717, 1.165) is 23.3 Å². The molecule has 2 aliphatic heterocycles. The van der Waals surface area contributed by atoms with Gasteiger partial charge in [0, 0.05) is 19.6 Å². The number of rotatable bonds is 6. The van der Waals surface area contributed by atoms with Crippen LogP contribution in [0.25, 0.3) is 0 Å². The molecule has 4 rings (SSSR count). The van der Waals surface area contributed by atoms with Crippen molar-refractivity contribution in [2.75, 3.05) is 46.1 Å². The molecule has 1 atom stereocenters. The van der Waals surface area contributed by atoms with E-state index >= 15 is 0 Å². The number of alkyl halides is 3. The molecule has 1 fully saturated rings. The van der Waals surface area contributed by atoms with Crippen LogP contribution in [0.15, 0.2) is 42.5 Å². The molecule has 172 valence electrons. The number of carbonyl (C=O) groups excluding carboxylic acids is 1. The average Bonchev–Trinajstić information content (AvgIpc) is 2.79. The first kappa shape index (κ1) is 22.4. The molecule has 9 heteroatoms. The van der Waals surface area contributed by atoms with Crippen molar-refractivity contribution in [3.05, 3.63) is 59.2 Å². The monoisotopic (exact) mass is 450 g/mol. The topological polar surface area (TPSA) is 60.0 Å². The molecule has 1 amide bonds. The molecule has 2 aromatic rings. The number of nitrogens with one attached hydrogen (secondary N) is 1. The van der Waals surface area contributed by atoms with Crippen molar-refractivity contribution in [2.24, 2.45) is 0 Å². The Bertz CT molecular complexity index is 928. The molecule has 2 heterocycles. The summed E-state index contributed by atoms with van der Waals surface area (Å²) in [6.45, 7) is 3.63. The highest BCUT2D eigenvalue weighted by atomic mass is 19.4. The maximum absolute atomic E-state index is 12.9. The summed E-state index contributed by atoms with van der Waals surface area (Å²) in [5, 5.41) is 2.94. The Labute approximate surface area is 184 Å². The van der Waals surface area contributed by atoms with Crippen molar-refractivity contribution in [1.82, 2.24) is 10.2 Å². The summed E-state index contributed by atoms with van der Waals surface area (Å²) in [5.41, 5.74) is 0.827. The molecule has 0 aliphatic carbocycles. The van der Waals surface area contributed by atoms with E-state index in [0.29, 0.717) is 51.0 Å². The Kier molecular flexibility index (Phi) is 6.86. The Hall–Kier alpha value is -2.78. The van der Waals surface area contributed by atoms with Crippen molar-refractivity contribution >= 4 is 5.91 Å². The normalized spacial score (nSPS) is 17.6. The highest BCUT2D eigenvalue weighted by molar-refractivity contribution is 5.78. The van der Waals surface area contributed by atoms with Crippen LogP contribution in [0.4, 0.5) is 13.2 Å². The predicted molar refractivity (Wildman–Crippen MR) is 111 cm³/mol. The molecule has 0 radical (unpaired) electrons. The van der Waals surface area contributed by atoms with Gasteiger partial charge in [0.05, 0.1) is 31.2 Å². The number of benzene rings is 2. The van der Waals surface area contributed by atoms with E-state index in [4.69, 9.17) is 14.2 Å². The maximum Gasteiger partial charge on any atom is 0.416 e. The van der Waals surface area contributed by atoms with Crippen molar-refractivity contribution in [2.45, 2.75) is 18.6 Å². The van der Waals surface area contributed by atoms with E-state index in [1.807, 2.05) is 6.07 Å². The van der Waals surface area contributed by atoms with E-state index in [1.54, 1.807) is 12.1 Å². The molecule has 1 saturated heterocycles. The van der Waals surface area contributed by atoms with Crippen LogP contribution in [-0.4, -0.2) is 56.9 Å². The second-order valence-corrected chi connectivity index (χ2v) is 7.74. The van der Waals surface area contributed by atoms with E-state index in [9.17, 15) is 18.0 Å². The van der Waals surface area contributed by atoms with Crippen molar-refractivity contribution in [1.29, 1.82) is 0 Å². The number of ether oxygens (including phenoxy) is 3. The molecule has 2 aromatic carbocycles. The van der Waals surface area contributed by atoms with Gasteiger partial charge in [-0.3, -0.25) is 9.69 Å². The summed E-state index contributed by atoms with van der Waals surface area (Å²) in [5.74, 6) is 1.11. The van der Waals surface area contributed by atoms with Crippen molar-refractivity contribution in [3.63, 3.8) is 0 Å². The number of nitrogens with zero attached hydrogens (tertiary/aromatic N) is 1. The Morgan fingerprint density at radius 3 is 2.34 bits per heavy atom. The summed E-state index contributed by atoms with van der Waals surface area (Å²) in [6, 6.07) is 10.3. The molecule has 6 nitrogen and oxygen atoms in total. The van der Waals surface area contributed by atoms with E-state index in [2.05, 4.69) is 10.2 Å². The second-order valence-electron chi connectivity index (χ2n) is 7.74. The summed E-state index contributed by atoms with van der Waals surface area (Å²) < 4.78 is 55.3. The fraction of sp³-hybridized carbons (Fsp3) is 0.435. The first-order valence-electron chi connectivity index (χ1n) is 10.5. The van der Waals surface area contributed by atoms with Crippen LogP contribution in [0.3, 0.4) is 0 Å². The van der Waals surface area contributed by atoms with E-state index in [-0.39, 0.29) is 24.9 Å². The van der Waals surface area contributed by atoms with Gasteiger partial charge in [-0.25, -0.2) is 0 Å². The maximum atomic E-state index is 12.9. The third-order valence-corrected chi connectivity index (χ3v) is 5.57. The third kappa shape index (κ3) is 5.52. The van der Waals surface area contributed by atoms with Gasteiger partial charge in [-0.05, 0) is 35.4 Å². The molecule has 32 heavy (non-hydrogen) atoms. The van der Waals surface area contributed by atoms with E-state index in [1.165, 1.54) is 12.1 Å². The van der Waals surface area contributed by atoms with Gasteiger partial charge >= 0.3 is 6.18 Å². The number of fused-ring (bicyclic) bond motifs is 1. The highest BCUT2D eigenvalue weighted by Crippen LogP contribution is 2.32. The van der Waals surface area contributed by atoms with Gasteiger partial charge < -0.3 is 19.5 Å². The van der Waals surface area contributed by atoms with Gasteiger partial charge in [-0.15, -0.1) is 0 Å². The first-order chi connectivity index (χ1) is 15.4. The number of hydrogen-bond donors (Lipinski definition) is 1. The Balaban J connectivity index is 1.42. The minimum atomic E-state index is -4.38. The lowest BCUT2D eigenvalue weighted by Crippen LogP contribution is -2.44. The Morgan fingerprint density at radius 2 is 1.66 bits per heavy atom. The third-order valence-electron chi connectivity index (χ3n) is 5.57. The lowest BCUT2D eigenvalue weighted by atomic mass is 10.0. The lowest BCUT2D eigenvalue weighted by molar-refractivity contribution is -0.137. The fourth-order valence-electron chi connectivity index (χ4n) is 3.90. The number of amides is 1. The number of morpholine rings is 1. The second kappa shape index (κ2) is 9.79. The van der Waals surface area contributed by atoms with Gasteiger partial charge in [0.2, 0.25) is 5.91 Å². The molecule has 0 spiro atoms. The van der Waals surface area contributed by atoms with Crippen LogP contribution < -0.4 is 14.8 Å². The largest absolute Gasteiger partial charge is 0.486 e. The molecular formula is C23H25F3N2O4. The number of carbonyl (C=O) groups is 1. The quantitative estimate of drug-likeness (QED) is 0.733. The molecule has 0 aromatic heterocycles. The summed E-state index contributed by atoms with van der Waals surface area (Å²) in [4.78, 5) is 14.7. The van der Waals surface area contributed by atoms with E-state index < -0.39 is 11.7 Å². The molecule has 0 bridgehead atoms. The van der Waals surface area contributed by atoms with Gasteiger partial charge in [-0.1, -0.05) is 18.2 Å². The fourth-order valence-corrected chi connectivity index (χ4v) is 3.90. The van der Waals surface area contributed by atoms with Crippen LogP contribution in [0, 0.1) is 0 Å². The molecule has 0 saturated carbocycles. The number of hydrogen-bond acceptors (Lipinski definition) is 5. The van der Waals surface area contributed by atoms with Gasteiger partial charge in [-0.2, -0.15) is 13.2 Å². The molecular weight excluding hydrogens is 425 g/mol. The minimum Gasteiger partial charge on any atom is -0.486 e. The minimum absolute atomic E-state index is 0.166. The summed E-state index contributed by atoms with van der Waals surface area (Å²) in [6.07, 6.45) is -4.22. The van der Waals surface area contributed by atoms with Crippen LogP contribution in [0.5, 0.6) is 11.5 Å². The average molecular weight is 450 g/mol. The van der Waals surface area contributed by atoms with Gasteiger partial charge in [0.25, 0.3) is 0 Å². The van der Waals surface area contributed by atoms with Crippen LogP contribution in [-0.2, 0) is 22.1 Å². The summed E-state index contributed by atoms with van der Waals surface area (Å²) >= 11 is 0. The number of halogens is 3. The first-order valence-corrected chi connectivity index (χ1v) is 10.5. The lowest BCUT2D eigenvalue weighted by Gasteiger charge is -2.35. The van der Waals surface area contributed by atoms with Crippen LogP contribution in [0.2, 0.25) is 0 Å². The molecule has 2 aliphatic rings. The smallest absolute Gasteiger partial charge is 0.416 e. The SMILES string of the molecule is O=C(Cc1ccc2c(c1)OCCO2)NCC(c1ccc(C(F)(F)F)cc1)N1CCOCC1. The Morgan fingerprint density at radius 1 is 0.969 bits per heavy atom. The zero-order valence-electron chi connectivity index (χ0n) is 17.5. The van der Waals surface area contributed by atoms with Gasteiger partial charge in [0.1, 0.15) is 13.2 Å². The zero-order valence-corrected chi connectivity index (χ0v) is 17.5. The van der Waals surface area contributed by atoms with Crippen LogP contribution >= 0.6 is 0 Å².